The van der Waals surface area contributed by atoms with Crippen LogP contribution in [-0.2, 0) is 36.5 Å². The van der Waals surface area contributed by atoms with Gasteiger partial charge in [0.05, 0.1) is 5.88 Å². The predicted molar refractivity (Wildman–Crippen MR) is 234 cm³/mol. The summed E-state index contributed by atoms with van der Waals surface area (Å²) < 4.78 is 2.03. The number of Topliss-reactive ketones (excluding diaryl/α,β-unsaturated/α-hetero) is 1. The number of thioether (sulfide) groups is 1. The minimum Gasteiger partial charge on any atom is -0.782 e. The molecule has 1 heterocycles. The Kier molecular flexibility index (Phi) is 46.6. The zero-order valence-electron chi connectivity index (χ0n) is 31.1. The Balaban J connectivity index is -0.000000203. The van der Waals surface area contributed by atoms with Crippen LogP contribution in [0, 0.1) is 48.1 Å². The summed E-state index contributed by atoms with van der Waals surface area (Å²) in [4.78, 5) is 30.9. The fourth-order valence-corrected chi connectivity index (χ4v) is 6.02. The molecule has 1 aromatic heterocycles. The summed E-state index contributed by atoms with van der Waals surface area (Å²) in [5, 5.41) is 5.92. The number of benzene rings is 2. The number of nitrogens with one attached hydrogen (secondary N) is 1. The summed E-state index contributed by atoms with van der Waals surface area (Å²) in [6.45, 7) is 22.4. The quantitative estimate of drug-likeness (QED) is 0.0417. The molecule has 0 aliphatic carbocycles. The van der Waals surface area contributed by atoms with E-state index in [4.69, 9.17) is 23.9 Å². The third-order valence-electron chi connectivity index (χ3n) is 5.52. The van der Waals surface area contributed by atoms with Gasteiger partial charge in [0.15, 0.2) is 10.1 Å². The van der Waals surface area contributed by atoms with Crippen molar-refractivity contribution in [2.75, 3.05) is 27.1 Å². The van der Waals surface area contributed by atoms with Gasteiger partial charge in [-0.25, -0.2) is 4.98 Å². The number of ketones is 1. The van der Waals surface area contributed by atoms with E-state index in [0.29, 0.717) is 17.1 Å². The molecule has 0 aliphatic heterocycles. The van der Waals surface area contributed by atoms with E-state index >= 15 is 0 Å². The Labute approximate surface area is 435 Å². The number of nitrogens with two attached hydrogens (primary N) is 1. The zero-order valence-corrected chi connectivity index (χ0v) is 43.6. The van der Waals surface area contributed by atoms with Crippen LogP contribution >= 0.6 is 57.3 Å². The number of halogens is 2. The van der Waals surface area contributed by atoms with Gasteiger partial charge in [0.25, 0.3) is 5.91 Å². The monoisotopic (exact) mass is 936 g/mol. The standard InChI is InChI=1S/C15H19N3OS2.C12H15ClO.C2H5I.C2H2N2S2.B3.B2.2K/c1-5-20-15-18-13(16)12(21-15)14(19)17-11-9(3)6-8(2)7-10(11)4;1-8-4-9(2)12(10(3)5-8)6-11(14)7-13;1-2-3;1-3-4-2(5)6;1-3-2;1-2;;/h6-7H,5,16H2,1-4H3,(H,17,19);4-5H,6-7H2,1-3H3;2H2,1H3;(H2,4,5,6);;;;/q;;;;;;2*+1/p-2. The van der Waals surface area contributed by atoms with Crippen molar-refractivity contribution in [3.05, 3.63) is 79.6 Å². The van der Waals surface area contributed by atoms with Crippen LogP contribution in [-0.4, -0.2) is 75.1 Å². The van der Waals surface area contributed by atoms with Gasteiger partial charge in [-0.3, -0.25) is 9.59 Å². The maximum Gasteiger partial charge on any atom is 1.00 e. The summed E-state index contributed by atoms with van der Waals surface area (Å²) in [7, 11) is 18.0. The number of amides is 1. The van der Waals surface area contributed by atoms with Crippen LogP contribution in [0.2, 0.25) is 0 Å². The molecule has 0 atom stereocenters. The van der Waals surface area contributed by atoms with Gasteiger partial charge in [-0.2, -0.15) is 10.9 Å². The molecule has 255 valence electrons. The van der Waals surface area contributed by atoms with E-state index in [9.17, 15) is 9.59 Å². The first kappa shape index (κ1) is 61.8. The number of rotatable bonds is 7. The smallest absolute Gasteiger partial charge is 0.782 e. The summed E-state index contributed by atoms with van der Waals surface area (Å²) in [5.74, 6) is 1.21. The maximum absolute atomic E-state index is 12.4. The molecule has 3 aromatic rings. The number of aryl methyl sites for hydroxylation is 6. The fraction of sp³-hybridized carbons (Fsp3) is 0.387. The largest absolute Gasteiger partial charge is 1.00 e. The molecule has 0 spiro atoms. The number of alkyl halides is 2. The van der Waals surface area contributed by atoms with E-state index in [2.05, 4.69) is 137 Å². The number of hydrogen-bond acceptors (Lipinski definition) is 9. The van der Waals surface area contributed by atoms with Gasteiger partial charge in [-0.05, 0) is 79.5 Å². The molecule has 2 aromatic carbocycles. The van der Waals surface area contributed by atoms with Crippen LogP contribution in [0.4, 0.5) is 11.5 Å². The molecule has 0 saturated carbocycles. The average Bonchev–Trinajstić information content (AvgIpc) is 3.39. The molecule has 0 bridgehead atoms. The maximum atomic E-state index is 12.4. The van der Waals surface area contributed by atoms with Gasteiger partial charge in [-0.1, -0.05) is 83.6 Å². The van der Waals surface area contributed by atoms with Crippen molar-refractivity contribution in [1.29, 1.82) is 0 Å². The van der Waals surface area contributed by atoms with Crippen LogP contribution in [0.5, 0.6) is 0 Å². The number of nitrogen functional groups attached to an aromatic ring is 1. The molecule has 0 fully saturated rings. The van der Waals surface area contributed by atoms with E-state index in [0.717, 1.165) is 39.5 Å². The molecule has 1 amide bonds. The second-order valence-corrected chi connectivity index (χ2v) is 14.8. The van der Waals surface area contributed by atoms with Crippen molar-refractivity contribution in [3.63, 3.8) is 0 Å². The van der Waals surface area contributed by atoms with Crippen LogP contribution in [0.15, 0.2) is 33.7 Å². The molecule has 9 radical (unpaired) electrons. The third-order valence-corrected chi connectivity index (χ3v) is 8.07. The Morgan fingerprint density at radius 1 is 1.02 bits per heavy atom. The second kappa shape index (κ2) is 38.5. The predicted octanol–water partition coefficient (Wildman–Crippen LogP) is 0.793. The van der Waals surface area contributed by atoms with Gasteiger partial charge >= 0.3 is 103 Å². The number of aromatic nitrogens is 1. The number of carbonyl (C=O) groups is 2. The van der Waals surface area contributed by atoms with Crippen molar-refractivity contribution in [2.45, 2.75) is 66.2 Å². The Morgan fingerprint density at radius 2 is 1.43 bits per heavy atom. The number of nitrogens with zero attached hydrogens (tertiary/aromatic N) is 3. The normalized spacial score (nSPS) is 8.57. The van der Waals surface area contributed by atoms with Crippen molar-refractivity contribution in [3.8, 4) is 0 Å². The van der Waals surface area contributed by atoms with E-state index in [1.807, 2.05) is 41.5 Å². The Bertz CT molecular complexity index is 1470. The van der Waals surface area contributed by atoms with E-state index < -0.39 is 0 Å². The summed E-state index contributed by atoms with van der Waals surface area (Å²) >= 11 is 19.2. The van der Waals surface area contributed by atoms with Crippen molar-refractivity contribution >= 4 is 148 Å². The summed E-state index contributed by atoms with van der Waals surface area (Å²) in [6.07, 6.45) is 0.460. The average molecular weight is 937 g/mol. The molecule has 0 aliphatic rings. The van der Waals surface area contributed by atoms with Gasteiger partial charge in [0.2, 0.25) is 0 Å². The van der Waals surface area contributed by atoms with Crippen molar-refractivity contribution in [2.24, 2.45) is 5.10 Å². The zero-order chi connectivity index (χ0) is 38.7. The third kappa shape index (κ3) is 29.5. The molecule has 20 heteroatoms. The SMILES string of the molecule is CCI.CCSc1nc(N)c(C(=O)Nc2c(C)cc(C)cc2C)s1.Cc1cc(C)c(CC(=O)CCl)c(C)c1.[B][B].[B][B][B].[C-]#[N+]N=C([S-])[S-].[K+].[K+]. The minimum absolute atomic E-state index is 0. The molecular formula is C31H39B5ClIK2N5O2S4. The topological polar surface area (TPSA) is 102 Å². The molecule has 51 heavy (non-hydrogen) atoms. The molecule has 7 nitrogen and oxygen atoms in total. The minimum atomic E-state index is -0.192. The summed E-state index contributed by atoms with van der Waals surface area (Å²) in [5.41, 5.74) is 14.7. The van der Waals surface area contributed by atoms with Crippen molar-refractivity contribution in [1.82, 2.24) is 4.98 Å². The molecule has 0 saturated heterocycles. The van der Waals surface area contributed by atoms with E-state index in [-0.39, 0.29) is 125 Å². The molecule has 0 unspecified atom stereocenters. The van der Waals surface area contributed by atoms with Gasteiger partial charge in [0.1, 0.15) is 10.7 Å². The van der Waals surface area contributed by atoms with Gasteiger partial charge in [-0.15, -0.1) is 27.9 Å². The van der Waals surface area contributed by atoms with Gasteiger partial charge in [0, 0.05) is 55.2 Å². The second-order valence-electron chi connectivity index (χ2n) is 9.51. The van der Waals surface area contributed by atoms with E-state index in [1.54, 1.807) is 11.8 Å². The Hall–Kier alpha value is 1.58. The fourth-order valence-electron chi connectivity index (χ4n) is 3.98. The van der Waals surface area contributed by atoms with Crippen LogP contribution in [0.1, 0.15) is 62.5 Å². The number of carbonyl (C=O) groups excluding carboxylic acids is 2. The number of anilines is 2. The number of thiazole rings is 1. The van der Waals surface area contributed by atoms with Crippen LogP contribution < -0.4 is 114 Å². The van der Waals surface area contributed by atoms with Crippen molar-refractivity contribution < 1.29 is 112 Å². The first-order chi connectivity index (χ1) is 23.1. The first-order valence-electron chi connectivity index (χ1n) is 14.4. The molecule has 3 rings (SSSR count). The first-order valence-corrected chi connectivity index (χ1v) is 19.1. The van der Waals surface area contributed by atoms with Crippen LogP contribution in [0.3, 0.4) is 0 Å². The van der Waals surface area contributed by atoms with Crippen LogP contribution in [0.25, 0.3) is 4.95 Å². The summed E-state index contributed by atoms with van der Waals surface area (Å²) in [6, 6.07) is 8.31. The Morgan fingerprint density at radius 3 is 1.76 bits per heavy atom. The molecular weight excluding hydrogens is 897 g/mol. The van der Waals surface area contributed by atoms with Gasteiger partial charge < -0.3 is 36.3 Å². The van der Waals surface area contributed by atoms with E-state index in [1.165, 1.54) is 38.0 Å². The number of hydrogen-bond donors (Lipinski definition) is 2. The molecule has 3 N–H and O–H groups in total.